The molecule has 5 nitrogen and oxygen atoms in total. The van der Waals surface area contributed by atoms with Crippen LogP contribution in [0.4, 0.5) is 0 Å². The molecule has 6 heteroatoms. The second-order valence-corrected chi connectivity index (χ2v) is 4.34. The molecular weight excluding hydrogens is 197 g/mol. The van der Waals surface area contributed by atoms with Gasteiger partial charge in [-0.05, 0) is 32.9 Å². The second-order valence-electron chi connectivity index (χ2n) is 4.34. The van der Waals surface area contributed by atoms with Crippen molar-refractivity contribution in [3.8, 4) is 0 Å². The van der Waals surface area contributed by atoms with Crippen LogP contribution in [-0.4, -0.2) is 40.4 Å². The molecule has 1 unspecified atom stereocenters. The summed E-state index contributed by atoms with van der Waals surface area (Å²) in [6, 6.07) is 0. The molecule has 0 saturated carbocycles. The summed E-state index contributed by atoms with van der Waals surface area (Å²) in [5, 5.41) is 18.3. The number of carbonyl (C=O) groups is 1. The van der Waals surface area contributed by atoms with Gasteiger partial charge in [0, 0.05) is 6.21 Å². The van der Waals surface area contributed by atoms with Crippen LogP contribution in [0.5, 0.6) is 0 Å². The van der Waals surface area contributed by atoms with E-state index < -0.39 is 24.1 Å². The van der Waals surface area contributed by atoms with Gasteiger partial charge in [-0.1, -0.05) is 0 Å². The van der Waals surface area contributed by atoms with Gasteiger partial charge in [-0.15, -0.1) is 0 Å². The van der Waals surface area contributed by atoms with Crippen molar-refractivity contribution < 1.29 is 19.6 Å². The summed E-state index contributed by atoms with van der Waals surface area (Å²) >= 11 is 0. The Bertz CT molecular complexity index is 305. The normalized spacial score (nSPS) is 24.3. The number of nitrogens with zero attached hydrogens (tertiary/aromatic N) is 1. The van der Waals surface area contributed by atoms with Crippen LogP contribution >= 0.6 is 0 Å². The van der Waals surface area contributed by atoms with Crippen LogP contribution in [0.1, 0.15) is 20.8 Å². The molecule has 0 radical (unpaired) electrons. The lowest BCUT2D eigenvalue weighted by Crippen LogP contribution is -2.51. The van der Waals surface area contributed by atoms with E-state index in [1.165, 1.54) is 18.4 Å². The molecule has 1 heterocycles. The highest BCUT2D eigenvalue weighted by Crippen LogP contribution is 2.23. The van der Waals surface area contributed by atoms with Crippen molar-refractivity contribution in [2.45, 2.75) is 31.8 Å². The molecule has 0 aromatic rings. The lowest BCUT2D eigenvalue weighted by atomic mass is 9.65. The van der Waals surface area contributed by atoms with E-state index in [0.717, 1.165) is 0 Å². The Kier molecular flexibility index (Phi) is 3.01. The van der Waals surface area contributed by atoms with Crippen molar-refractivity contribution in [3.05, 3.63) is 12.2 Å². The van der Waals surface area contributed by atoms with Crippen molar-refractivity contribution in [2.75, 3.05) is 0 Å². The first-order valence-electron chi connectivity index (χ1n) is 4.60. The van der Waals surface area contributed by atoms with E-state index in [9.17, 15) is 4.79 Å². The van der Waals surface area contributed by atoms with E-state index >= 15 is 0 Å². The van der Waals surface area contributed by atoms with Crippen LogP contribution in [0.15, 0.2) is 17.1 Å². The zero-order valence-electron chi connectivity index (χ0n) is 8.97. The molecule has 82 valence electrons. The number of rotatable bonds is 2. The van der Waals surface area contributed by atoms with Crippen molar-refractivity contribution >= 4 is 19.3 Å². The molecule has 2 N–H and O–H groups in total. The predicted octanol–water partition coefficient (Wildman–Crippen LogP) is -0.280. The van der Waals surface area contributed by atoms with Gasteiger partial charge in [0.05, 0.1) is 0 Å². The molecular formula is C9H14BNO4. The largest absolute Gasteiger partial charge is 0.497 e. The van der Waals surface area contributed by atoms with E-state index in [0.29, 0.717) is 0 Å². The second kappa shape index (κ2) is 3.79. The van der Waals surface area contributed by atoms with Gasteiger partial charge in [-0.2, -0.15) is 0 Å². The number of hydrogen-bond acceptors (Lipinski definition) is 5. The third kappa shape index (κ3) is 2.46. The van der Waals surface area contributed by atoms with Gasteiger partial charge in [-0.25, -0.2) is 4.79 Å². The SMILES string of the molecule is CC(C)(C)OC(=O)C1(B(O)O)C=CC=N1. The lowest BCUT2D eigenvalue weighted by Gasteiger charge is -2.27. The van der Waals surface area contributed by atoms with Gasteiger partial charge in [0.2, 0.25) is 5.44 Å². The monoisotopic (exact) mass is 211 g/mol. The van der Waals surface area contributed by atoms with Gasteiger partial charge >= 0.3 is 13.1 Å². The molecule has 0 aromatic heterocycles. The first-order chi connectivity index (χ1) is 6.78. The predicted molar refractivity (Wildman–Crippen MR) is 56.4 cm³/mol. The highest BCUT2D eigenvalue weighted by Gasteiger charge is 2.50. The molecule has 1 atom stereocenters. The molecule has 0 spiro atoms. The summed E-state index contributed by atoms with van der Waals surface area (Å²) in [5.74, 6) is -0.769. The molecule has 1 aliphatic rings. The third-order valence-electron chi connectivity index (χ3n) is 1.84. The topological polar surface area (TPSA) is 79.1 Å². The van der Waals surface area contributed by atoms with Gasteiger partial charge in [0.1, 0.15) is 5.60 Å². The summed E-state index contributed by atoms with van der Waals surface area (Å²) in [6.45, 7) is 5.10. The summed E-state index contributed by atoms with van der Waals surface area (Å²) in [7, 11) is -1.90. The zero-order valence-corrected chi connectivity index (χ0v) is 8.97. The Morgan fingerprint density at radius 3 is 2.40 bits per heavy atom. The molecule has 0 saturated heterocycles. The Labute approximate surface area is 88.6 Å². The van der Waals surface area contributed by atoms with Crippen LogP contribution in [0, 0.1) is 0 Å². The maximum atomic E-state index is 11.7. The fraction of sp³-hybridized carbons (Fsp3) is 0.556. The molecule has 0 aliphatic carbocycles. The Morgan fingerprint density at radius 2 is 2.07 bits per heavy atom. The van der Waals surface area contributed by atoms with Crippen molar-refractivity contribution in [3.63, 3.8) is 0 Å². The minimum Gasteiger partial charge on any atom is -0.458 e. The van der Waals surface area contributed by atoms with Gasteiger partial charge in [-0.3, -0.25) is 4.99 Å². The number of esters is 1. The third-order valence-corrected chi connectivity index (χ3v) is 1.84. The average Bonchev–Trinajstić information content (AvgIpc) is 2.48. The van der Waals surface area contributed by atoms with Crippen LogP contribution in [-0.2, 0) is 9.53 Å². The highest BCUT2D eigenvalue weighted by atomic mass is 16.6. The van der Waals surface area contributed by atoms with Gasteiger partial charge in [0.25, 0.3) is 0 Å². The fourth-order valence-electron chi connectivity index (χ4n) is 1.14. The minimum absolute atomic E-state index is 0.690. The van der Waals surface area contributed by atoms with Crippen LogP contribution < -0.4 is 0 Å². The minimum atomic E-state index is -1.90. The van der Waals surface area contributed by atoms with Crippen molar-refractivity contribution in [1.82, 2.24) is 0 Å². The maximum absolute atomic E-state index is 11.7. The van der Waals surface area contributed by atoms with E-state index in [-0.39, 0.29) is 0 Å². The van der Waals surface area contributed by atoms with E-state index in [4.69, 9.17) is 14.8 Å². The van der Waals surface area contributed by atoms with Crippen molar-refractivity contribution in [1.29, 1.82) is 0 Å². The van der Waals surface area contributed by atoms with Crippen LogP contribution in [0.25, 0.3) is 0 Å². The molecule has 1 aliphatic heterocycles. The first-order valence-corrected chi connectivity index (χ1v) is 4.60. The number of carbonyl (C=O) groups excluding carboxylic acids is 1. The van der Waals surface area contributed by atoms with Gasteiger partial charge in [0.15, 0.2) is 0 Å². The molecule has 0 bridgehead atoms. The van der Waals surface area contributed by atoms with Gasteiger partial charge < -0.3 is 14.8 Å². The Balaban J connectivity index is 2.89. The van der Waals surface area contributed by atoms with Crippen molar-refractivity contribution in [2.24, 2.45) is 4.99 Å². The molecule has 15 heavy (non-hydrogen) atoms. The van der Waals surface area contributed by atoms with Crippen LogP contribution in [0.3, 0.4) is 0 Å². The maximum Gasteiger partial charge on any atom is 0.497 e. The zero-order chi connectivity index (χ0) is 11.7. The van der Waals surface area contributed by atoms with E-state index in [2.05, 4.69) is 4.99 Å². The number of hydrogen-bond donors (Lipinski definition) is 2. The summed E-state index contributed by atoms with van der Waals surface area (Å²) in [5.41, 5.74) is -2.39. The molecule has 0 amide bonds. The standard InChI is InChI=1S/C9H14BNO4/c1-8(2,3)15-7(12)9(10(13)14)5-4-6-11-9/h4-6,13-14H,1-3H3. The summed E-state index contributed by atoms with van der Waals surface area (Å²) in [6.07, 6.45) is 4.12. The fourth-order valence-corrected chi connectivity index (χ4v) is 1.14. The Hall–Kier alpha value is -1.14. The highest BCUT2D eigenvalue weighted by molar-refractivity contribution is 6.53. The van der Waals surface area contributed by atoms with Crippen LogP contribution in [0.2, 0.25) is 0 Å². The average molecular weight is 211 g/mol. The molecule has 1 rings (SSSR count). The smallest absolute Gasteiger partial charge is 0.458 e. The first kappa shape index (κ1) is 11.9. The summed E-state index contributed by atoms with van der Waals surface area (Å²) < 4.78 is 5.06. The molecule has 0 aromatic carbocycles. The molecule has 0 fully saturated rings. The lowest BCUT2D eigenvalue weighted by molar-refractivity contribution is -0.157. The van der Waals surface area contributed by atoms with E-state index in [1.807, 2.05) is 0 Å². The number of allylic oxidation sites excluding steroid dienone is 1. The number of ether oxygens (including phenoxy) is 1. The van der Waals surface area contributed by atoms with E-state index in [1.54, 1.807) is 20.8 Å². The quantitative estimate of drug-likeness (QED) is 0.486. The number of aliphatic imine (C=N–C) groups is 1. The summed E-state index contributed by atoms with van der Waals surface area (Å²) in [4.78, 5) is 15.5. The Morgan fingerprint density at radius 1 is 1.47 bits per heavy atom.